The maximum Gasteiger partial charge on any atom is 0.101 e. The molecule has 94 valence electrons. The van der Waals surface area contributed by atoms with Crippen LogP contribution in [0.1, 0.15) is 11.1 Å². The molecule has 0 aromatic heterocycles. The SMILES string of the molecule is BrC1C=C(c2ccccc2)C=C(c2ccccc2)N1. The van der Waals surface area contributed by atoms with E-state index in [-0.39, 0.29) is 4.95 Å². The van der Waals surface area contributed by atoms with E-state index in [0.29, 0.717) is 0 Å². The van der Waals surface area contributed by atoms with E-state index in [1.807, 2.05) is 12.1 Å². The van der Waals surface area contributed by atoms with Gasteiger partial charge < -0.3 is 5.32 Å². The molecule has 0 saturated carbocycles. The molecule has 0 bridgehead atoms. The van der Waals surface area contributed by atoms with Gasteiger partial charge in [-0.05, 0) is 28.9 Å². The van der Waals surface area contributed by atoms with Crippen LogP contribution in [0.25, 0.3) is 11.3 Å². The monoisotopic (exact) mass is 311 g/mol. The molecular weight excluding hydrogens is 298 g/mol. The quantitative estimate of drug-likeness (QED) is 0.639. The van der Waals surface area contributed by atoms with E-state index >= 15 is 0 Å². The molecule has 1 unspecified atom stereocenters. The normalized spacial score (nSPS) is 18.3. The van der Waals surface area contributed by atoms with Crippen LogP contribution in [0.3, 0.4) is 0 Å². The molecule has 0 fully saturated rings. The number of hydrogen-bond acceptors (Lipinski definition) is 1. The van der Waals surface area contributed by atoms with Crippen molar-refractivity contribution < 1.29 is 0 Å². The summed E-state index contributed by atoms with van der Waals surface area (Å²) >= 11 is 3.64. The van der Waals surface area contributed by atoms with Crippen LogP contribution in [0.5, 0.6) is 0 Å². The Bertz CT molecular complexity index is 614. The van der Waals surface area contributed by atoms with E-state index in [0.717, 1.165) is 5.70 Å². The second kappa shape index (κ2) is 5.45. The minimum Gasteiger partial charge on any atom is -0.369 e. The Morgan fingerprint density at radius 2 is 1.37 bits per heavy atom. The van der Waals surface area contributed by atoms with Gasteiger partial charge >= 0.3 is 0 Å². The Labute approximate surface area is 121 Å². The molecule has 0 aliphatic carbocycles. The highest BCUT2D eigenvalue weighted by molar-refractivity contribution is 9.09. The first kappa shape index (κ1) is 12.2. The molecule has 1 nitrogen and oxygen atoms in total. The van der Waals surface area contributed by atoms with Crippen molar-refractivity contribution in [2.24, 2.45) is 0 Å². The van der Waals surface area contributed by atoms with Crippen molar-refractivity contribution in [2.75, 3.05) is 0 Å². The lowest BCUT2D eigenvalue weighted by atomic mass is 10.00. The molecule has 0 amide bonds. The first-order chi connectivity index (χ1) is 9.33. The number of hydrogen-bond donors (Lipinski definition) is 1. The summed E-state index contributed by atoms with van der Waals surface area (Å²) in [6.45, 7) is 0. The van der Waals surface area contributed by atoms with E-state index in [9.17, 15) is 0 Å². The number of benzene rings is 2. The third-order valence-corrected chi connectivity index (χ3v) is 3.60. The second-order valence-electron chi connectivity index (χ2n) is 4.46. The average molecular weight is 312 g/mol. The molecule has 1 heterocycles. The fourth-order valence-corrected chi connectivity index (χ4v) is 2.72. The van der Waals surface area contributed by atoms with Gasteiger partial charge in [0.2, 0.25) is 0 Å². The van der Waals surface area contributed by atoms with E-state index in [2.05, 4.69) is 81.9 Å². The zero-order chi connectivity index (χ0) is 13.1. The largest absolute Gasteiger partial charge is 0.369 e. The number of alkyl halides is 1. The van der Waals surface area contributed by atoms with Crippen LogP contribution in [0, 0.1) is 0 Å². The Kier molecular flexibility index (Phi) is 3.51. The zero-order valence-corrected chi connectivity index (χ0v) is 12.0. The Hall–Kier alpha value is -1.80. The molecule has 1 aliphatic rings. The Morgan fingerprint density at radius 3 is 2.00 bits per heavy atom. The minimum absolute atomic E-state index is 0.155. The van der Waals surface area contributed by atoms with Gasteiger partial charge in [-0.2, -0.15) is 0 Å². The van der Waals surface area contributed by atoms with Gasteiger partial charge in [-0.3, -0.25) is 0 Å². The predicted molar refractivity (Wildman–Crippen MR) is 84.7 cm³/mol. The van der Waals surface area contributed by atoms with Crippen molar-refractivity contribution in [1.82, 2.24) is 5.32 Å². The van der Waals surface area contributed by atoms with E-state index < -0.39 is 0 Å². The van der Waals surface area contributed by atoms with Gasteiger partial charge in [0.15, 0.2) is 0 Å². The Balaban J connectivity index is 2.00. The summed E-state index contributed by atoms with van der Waals surface area (Å²) in [6.07, 6.45) is 4.38. The molecule has 2 heteroatoms. The molecule has 0 radical (unpaired) electrons. The van der Waals surface area contributed by atoms with Crippen molar-refractivity contribution in [1.29, 1.82) is 0 Å². The van der Waals surface area contributed by atoms with Gasteiger partial charge in [0.05, 0.1) is 0 Å². The molecular formula is C17H14BrN. The van der Waals surface area contributed by atoms with Crippen LogP contribution in [-0.4, -0.2) is 4.95 Å². The summed E-state index contributed by atoms with van der Waals surface area (Å²) in [6, 6.07) is 20.8. The van der Waals surface area contributed by atoms with Crippen LogP contribution in [-0.2, 0) is 0 Å². The lowest BCUT2D eigenvalue weighted by molar-refractivity contribution is 0.953. The maximum atomic E-state index is 3.64. The molecule has 0 saturated heterocycles. The topological polar surface area (TPSA) is 12.0 Å². The molecule has 2 aromatic carbocycles. The predicted octanol–water partition coefficient (Wildman–Crippen LogP) is 4.44. The van der Waals surface area contributed by atoms with Crippen molar-refractivity contribution in [3.63, 3.8) is 0 Å². The van der Waals surface area contributed by atoms with Gasteiger partial charge in [0.1, 0.15) is 4.95 Å². The maximum absolute atomic E-state index is 3.64. The summed E-state index contributed by atoms with van der Waals surface area (Å²) in [5.74, 6) is 0. The van der Waals surface area contributed by atoms with Gasteiger partial charge in [0, 0.05) is 5.70 Å². The fraction of sp³-hybridized carbons (Fsp3) is 0.0588. The zero-order valence-electron chi connectivity index (χ0n) is 10.4. The molecule has 3 rings (SSSR count). The van der Waals surface area contributed by atoms with Crippen molar-refractivity contribution >= 4 is 27.2 Å². The molecule has 1 aliphatic heterocycles. The third kappa shape index (κ3) is 2.79. The summed E-state index contributed by atoms with van der Waals surface area (Å²) in [4.78, 5) is 0.155. The van der Waals surface area contributed by atoms with Crippen LogP contribution in [0.4, 0.5) is 0 Å². The lowest BCUT2D eigenvalue weighted by Crippen LogP contribution is -2.23. The highest BCUT2D eigenvalue weighted by atomic mass is 79.9. The van der Waals surface area contributed by atoms with Crippen LogP contribution >= 0.6 is 15.9 Å². The van der Waals surface area contributed by atoms with Crippen molar-refractivity contribution in [3.8, 4) is 0 Å². The van der Waals surface area contributed by atoms with E-state index in [1.54, 1.807) is 0 Å². The number of allylic oxidation sites excluding steroid dienone is 2. The van der Waals surface area contributed by atoms with Gasteiger partial charge in [-0.15, -0.1) is 0 Å². The highest BCUT2D eigenvalue weighted by Crippen LogP contribution is 2.27. The van der Waals surface area contributed by atoms with E-state index in [4.69, 9.17) is 0 Å². The standard InChI is InChI=1S/C17H14BrN/c18-17-12-15(13-7-3-1-4-8-13)11-16(19-17)14-9-5-2-6-10-14/h1-12,17,19H. The second-order valence-corrected chi connectivity index (χ2v) is 5.44. The summed E-state index contributed by atoms with van der Waals surface area (Å²) in [5, 5.41) is 3.43. The van der Waals surface area contributed by atoms with E-state index in [1.165, 1.54) is 16.7 Å². The van der Waals surface area contributed by atoms with Crippen LogP contribution in [0.2, 0.25) is 0 Å². The highest BCUT2D eigenvalue weighted by Gasteiger charge is 2.13. The van der Waals surface area contributed by atoms with Crippen molar-refractivity contribution in [2.45, 2.75) is 4.95 Å². The number of nitrogens with one attached hydrogen (secondary N) is 1. The molecule has 1 atom stereocenters. The summed E-state index contributed by atoms with van der Waals surface area (Å²) in [5.41, 5.74) is 4.82. The first-order valence-corrected chi connectivity index (χ1v) is 7.19. The van der Waals surface area contributed by atoms with Crippen LogP contribution < -0.4 is 5.32 Å². The smallest absolute Gasteiger partial charge is 0.101 e. The first-order valence-electron chi connectivity index (χ1n) is 6.28. The molecule has 0 spiro atoms. The third-order valence-electron chi connectivity index (χ3n) is 3.11. The fourth-order valence-electron chi connectivity index (χ4n) is 2.19. The Morgan fingerprint density at radius 1 is 0.789 bits per heavy atom. The molecule has 1 N–H and O–H groups in total. The summed E-state index contributed by atoms with van der Waals surface area (Å²) in [7, 11) is 0. The van der Waals surface area contributed by atoms with Gasteiger partial charge in [-0.1, -0.05) is 76.6 Å². The number of halogens is 1. The number of dihydropyridines is 1. The average Bonchev–Trinajstić information content (AvgIpc) is 2.48. The lowest BCUT2D eigenvalue weighted by Gasteiger charge is -2.21. The van der Waals surface area contributed by atoms with Gasteiger partial charge in [-0.25, -0.2) is 0 Å². The number of rotatable bonds is 2. The summed E-state index contributed by atoms with van der Waals surface area (Å²) < 4.78 is 0. The minimum atomic E-state index is 0.155. The molecule has 19 heavy (non-hydrogen) atoms. The van der Waals surface area contributed by atoms with Gasteiger partial charge in [0.25, 0.3) is 0 Å². The molecule has 2 aromatic rings. The van der Waals surface area contributed by atoms with Crippen LogP contribution in [0.15, 0.2) is 72.8 Å². The van der Waals surface area contributed by atoms with Crippen molar-refractivity contribution in [3.05, 3.63) is 83.9 Å².